The van der Waals surface area contributed by atoms with Crippen LogP contribution in [0.25, 0.3) is 0 Å². The monoisotopic (exact) mass is 641 g/mol. The molecule has 0 fully saturated rings. The topological polar surface area (TPSA) is 102 Å². The molecule has 0 aliphatic rings. The van der Waals surface area contributed by atoms with Gasteiger partial charge in [-0.3, -0.25) is 14.4 Å². The Morgan fingerprint density at radius 2 is 1.16 bits per heavy atom. The van der Waals surface area contributed by atoms with Crippen molar-refractivity contribution < 1.29 is 36.7 Å². The highest BCUT2D eigenvalue weighted by Gasteiger charge is 2.50. The quantitative estimate of drug-likeness (QED) is 0.0999. The normalized spacial score (nSPS) is 13.7. The second-order valence-corrected chi connectivity index (χ2v) is 14.7. The van der Waals surface area contributed by atoms with Crippen LogP contribution in [-0.2, 0) is 33.6 Å². The molecule has 2 aromatic carbocycles. The molecule has 0 amide bonds. The largest absolute Gasteiger partial charge is 0.497 e. The minimum Gasteiger partial charge on any atom is -0.497 e. The number of ether oxygens (including phenoxy) is 2. The molecule has 0 saturated heterocycles. The smallest absolute Gasteiger partial charge is 0.359 e. The lowest BCUT2D eigenvalue weighted by molar-refractivity contribution is 0.190. The van der Waals surface area contributed by atoms with E-state index in [-0.39, 0.29) is 26.4 Å². The van der Waals surface area contributed by atoms with E-state index in [4.69, 9.17) is 27.6 Å². The van der Waals surface area contributed by atoms with E-state index in [1.165, 1.54) is 11.1 Å². The lowest BCUT2D eigenvalue weighted by Crippen LogP contribution is -2.33. The summed E-state index contributed by atoms with van der Waals surface area (Å²) in [5.41, 5.74) is 2.40. The fourth-order valence-corrected chi connectivity index (χ4v) is 10.6. The first kappa shape index (κ1) is 37.5. The van der Waals surface area contributed by atoms with E-state index in [0.29, 0.717) is 31.2 Å². The minimum atomic E-state index is -3.87. The molecule has 2 atom stereocenters. The van der Waals surface area contributed by atoms with Crippen LogP contribution in [0.15, 0.2) is 42.5 Å². The van der Waals surface area contributed by atoms with Gasteiger partial charge in [0.05, 0.1) is 40.6 Å². The maximum Gasteiger partial charge on any atom is 0.359 e. The van der Waals surface area contributed by atoms with Gasteiger partial charge in [0, 0.05) is 0 Å². The Balaban J connectivity index is 2.29. The first-order chi connectivity index (χ1) is 20.7. The summed E-state index contributed by atoms with van der Waals surface area (Å²) >= 11 is 0. The van der Waals surface area contributed by atoms with Crippen LogP contribution in [0.5, 0.6) is 11.5 Å². The van der Waals surface area contributed by atoms with Crippen LogP contribution in [0.2, 0.25) is 0 Å². The SMILES string of the molecule is CCOP(=O)(OCC)C(NCCCc1cc(C(CC)C(CC)c2ccc(OC)cc2)ccc1OC)P(=O)(OCC)OCC. The molecule has 43 heavy (non-hydrogen) atoms. The van der Waals surface area contributed by atoms with Gasteiger partial charge in [-0.25, -0.2) is 0 Å². The predicted molar refractivity (Wildman–Crippen MR) is 174 cm³/mol. The fourth-order valence-electron chi connectivity index (χ4n) is 5.56. The van der Waals surface area contributed by atoms with Gasteiger partial charge in [-0.1, -0.05) is 38.1 Å². The molecule has 0 radical (unpaired) electrons. The third-order valence-corrected chi connectivity index (χ3v) is 13.2. The number of aryl methyl sites for hydroxylation is 1. The molecular formula is C32H53NO8P2. The van der Waals surface area contributed by atoms with Crippen molar-refractivity contribution >= 4 is 15.2 Å². The second kappa shape index (κ2) is 19.0. The van der Waals surface area contributed by atoms with E-state index in [1.54, 1.807) is 41.9 Å². The number of nitrogens with one attached hydrogen (secondary N) is 1. The summed E-state index contributed by atoms with van der Waals surface area (Å²) in [6, 6.07) is 14.8. The van der Waals surface area contributed by atoms with Gasteiger partial charge >= 0.3 is 15.2 Å². The van der Waals surface area contributed by atoms with Crippen LogP contribution in [0.1, 0.15) is 89.3 Å². The molecule has 2 unspecified atom stereocenters. The van der Waals surface area contributed by atoms with E-state index < -0.39 is 20.7 Å². The van der Waals surface area contributed by atoms with Gasteiger partial charge in [-0.2, -0.15) is 0 Å². The summed E-state index contributed by atoms with van der Waals surface area (Å²) < 4.78 is 61.0. The Kier molecular flexibility index (Phi) is 16.5. The van der Waals surface area contributed by atoms with Crippen LogP contribution >= 0.6 is 15.2 Å². The third kappa shape index (κ3) is 10.2. The highest BCUT2D eigenvalue weighted by molar-refractivity contribution is 7.72. The van der Waals surface area contributed by atoms with Crippen LogP contribution in [0.4, 0.5) is 0 Å². The third-order valence-electron chi connectivity index (χ3n) is 7.43. The van der Waals surface area contributed by atoms with Crippen molar-refractivity contribution in [3.8, 4) is 11.5 Å². The lowest BCUT2D eigenvalue weighted by Gasteiger charge is -2.32. The van der Waals surface area contributed by atoms with Gasteiger partial charge < -0.3 is 27.6 Å². The molecule has 11 heteroatoms. The van der Waals surface area contributed by atoms with Gasteiger partial charge in [0.15, 0.2) is 0 Å². The van der Waals surface area contributed by atoms with Gasteiger partial charge in [0.1, 0.15) is 11.5 Å². The van der Waals surface area contributed by atoms with E-state index in [2.05, 4.69) is 43.4 Å². The molecule has 0 aromatic heterocycles. The Bertz CT molecular complexity index is 1130. The number of hydrogen-bond acceptors (Lipinski definition) is 9. The summed E-state index contributed by atoms with van der Waals surface area (Å²) in [5, 5.41) is 3.18. The van der Waals surface area contributed by atoms with Crippen molar-refractivity contribution in [3.63, 3.8) is 0 Å². The highest BCUT2D eigenvalue weighted by Crippen LogP contribution is 2.69. The van der Waals surface area contributed by atoms with Gasteiger partial charge in [0.25, 0.3) is 0 Å². The van der Waals surface area contributed by atoms with Crippen molar-refractivity contribution in [3.05, 3.63) is 59.2 Å². The van der Waals surface area contributed by atoms with Crippen molar-refractivity contribution in [1.82, 2.24) is 5.32 Å². The molecule has 9 nitrogen and oxygen atoms in total. The zero-order valence-corrected chi connectivity index (χ0v) is 29.1. The summed E-state index contributed by atoms with van der Waals surface area (Å²) in [7, 11) is -4.38. The van der Waals surface area contributed by atoms with Gasteiger partial charge in [0.2, 0.25) is 5.52 Å². The zero-order valence-electron chi connectivity index (χ0n) is 27.3. The molecule has 0 heterocycles. The van der Waals surface area contributed by atoms with E-state index in [0.717, 1.165) is 29.9 Å². The number of hydrogen-bond donors (Lipinski definition) is 1. The standard InChI is InChI=1S/C32H53NO8P2/c1-9-29(25-17-20-28(36-7)21-18-25)30(10-2)26-19-22-31(37-8)27(24-26)16-15-23-33-32(42(34,38-11-3)39-12-4)43(35,40-13-5)41-14-6/h17-22,24,29-30,32-33H,9-16,23H2,1-8H3. The first-order valence-corrected chi connectivity index (χ1v) is 18.7. The Hall–Kier alpha value is -1.70. The molecule has 1 N–H and O–H groups in total. The van der Waals surface area contributed by atoms with E-state index >= 15 is 0 Å². The summed E-state index contributed by atoms with van der Waals surface area (Å²) in [6.45, 7) is 12.2. The summed E-state index contributed by atoms with van der Waals surface area (Å²) in [5.74, 6) is 2.36. The Labute approximate surface area is 259 Å². The van der Waals surface area contributed by atoms with Crippen LogP contribution < -0.4 is 14.8 Å². The molecule has 0 aliphatic heterocycles. The predicted octanol–water partition coefficient (Wildman–Crippen LogP) is 8.73. The van der Waals surface area contributed by atoms with E-state index in [1.807, 2.05) is 18.2 Å². The molecule has 244 valence electrons. The van der Waals surface area contributed by atoms with Gasteiger partial charge in [-0.15, -0.1) is 0 Å². The first-order valence-electron chi connectivity index (χ1n) is 15.5. The summed E-state index contributed by atoms with van der Waals surface area (Å²) in [6.07, 6.45) is 3.34. The highest BCUT2D eigenvalue weighted by atomic mass is 31.2. The molecule has 0 spiro atoms. The van der Waals surface area contributed by atoms with Crippen molar-refractivity contribution in [2.75, 3.05) is 47.2 Å². The van der Waals surface area contributed by atoms with Crippen LogP contribution in [0, 0.1) is 0 Å². The number of methoxy groups -OCH3 is 2. The average molecular weight is 642 g/mol. The zero-order chi connectivity index (χ0) is 31.9. The lowest BCUT2D eigenvalue weighted by atomic mass is 9.78. The van der Waals surface area contributed by atoms with Crippen molar-refractivity contribution in [1.29, 1.82) is 0 Å². The number of benzene rings is 2. The molecule has 0 aliphatic carbocycles. The maximum atomic E-state index is 13.8. The molecule has 2 aromatic rings. The van der Waals surface area contributed by atoms with E-state index in [9.17, 15) is 9.13 Å². The molecule has 2 rings (SSSR count). The fraction of sp³-hybridized carbons (Fsp3) is 0.625. The molecular weight excluding hydrogens is 588 g/mol. The Morgan fingerprint density at radius 1 is 0.674 bits per heavy atom. The van der Waals surface area contributed by atoms with Crippen molar-refractivity contribution in [2.24, 2.45) is 0 Å². The Morgan fingerprint density at radius 3 is 1.60 bits per heavy atom. The summed E-state index contributed by atoms with van der Waals surface area (Å²) in [4.78, 5) is 0. The van der Waals surface area contributed by atoms with Crippen LogP contribution in [-0.4, -0.2) is 52.7 Å². The van der Waals surface area contributed by atoms with Crippen molar-refractivity contribution in [2.45, 2.75) is 84.6 Å². The van der Waals surface area contributed by atoms with Crippen LogP contribution in [0.3, 0.4) is 0 Å². The second-order valence-electron chi connectivity index (χ2n) is 10.1. The molecule has 0 saturated carbocycles. The maximum absolute atomic E-state index is 13.8. The average Bonchev–Trinajstić information content (AvgIpc) is 3.00. The van der Waals surface area contributed by atoms with Gasteiger partial charge in [-0.05, 0) is 107 Å². The number of rotatable bonds is 22. The minimum absolute atomic E-state index is 0.131. The molecule has 0 bridgehead atoms.